The lowest BCUT2D eigenvalue weighted by molar-refractivity contribution is 0.0624. The Hall–Kier alpha value is -3.07. The van der Waals surface area contributed by atoms with E-state index in [1.807, 2.05) is 12.1 Å². The number of sulfonamides is 1. The van der Waals surface area contributed by atoms with Crippen LogP contribution in [0.5, 0.6) is 0 Å². The van der Waals surface area contributed by atoms with E-state index < -0.39 is 16.1 Å². The SMILES string of the molecule is CCCCc1ccc(NS(=O)(=O)c2ccc(C)c(C(=O)N3CCN(C(=O)O)CC3)c2)cc1. The summed E-state index contributed by atoms with van der Waals surface area (Å²) in [5.74, 6) is -0.301. The lowest BCUT2D eigenvalue weighted by atomic mass is 10.1. The van der Waals surface area contributed by atoms with Gasteiger partial charge < -0.3 is 14.9 Å². The van der Waals surface area contributed by atoms with Crippen LogP contribution < -0.4 is 4.72 Å². The number of nitrogens with one attached hydrogen (secondary N) is 1. The number of amides is 2. The molecule has 172 valence electrons. The lowest BCUT2D eigenvalue weighted by Crippen LogP contribution is -2.50. The van der Waals surface area contributed by atoms with Gasteiger partial charge in [0.25, 0.3) is 15.9 Å². The summed E-state index contributed by atoms with van der Waals surface area (Å²) in [6.45, 7) is 4.87. The predicted molar refractivity (Wildman–Crippen MR) is 123 cm³/mol. The number of carbonyl (C=O) groups is 2. The monoisotopic (exact) mass is 459 g/mol. The van der Waals surface area contributed by atoms with Crippen LogP contribution in [0, 0.1) is 6.92 Å². The maximum Gasteiger partial charge on any atom is 0.407 e. The standard InChI is InChI=1S/C23H29N3O5S/c1-3-4-5-18-7-9-19(10-8-18)24-32(30,31)20-11-6-17(2)21(16-20)22(27)25-12-14-26(15-13-25)23(28)29/h6-11,16,24H,3-5,12-15H2,1-2H3,(H,28,29). The number of rotatable bonds is 7. The second-order valence-corrected chi connectivity index (χ2v) is 9.63. The van der Waals surface area contributed by atoms with Crippen LogP contribution in [0.1, 0.15) is 41.3 Å². The molecule has 2 N–H and O–H groups in total. The molecule has 3 rings (SSSR count). The molecule has 1 heterocycles. The first-order valence-corrected chi connectivity index (χ1v) is 12.2. The van der Waals surface area contributed by atoms with Crippen LogP contribution in [0.15, 0.2) is 47.4 Å². The molecule has 2 aromatic carbocycles. The fourth-order valence-electron chi connectivity index (χ4n) is 3.60. The van der Waals surface area contributed by atoms with E-state index in [9.17, 15) is 18.0 Å². The zero-order valence-electron chi connectivity index (χ0n) is 18.4. The van der Waals surface area contributed by atoms with Crippen LogP contribution in [0.4, 0.5) is 10.5 Å². The minimum atomic E-state index is -3.87. The van der Waals surface area contributed by atoms with Crippen molar-refractivity contribution in [2.75, 3.05) is 30.9 Å². The van der Waals surface area contributed by atoms with E-state index >= 15 is 0 Å². The van der Waals surface area contributed by atoms with Crippen LogP contribution in [0.25, 0.3) is 0 Å². The van der Waals surface area contributed by atoms with Gasteiger partial charge in [-0.25, -0.2) is 13.2 Å². The third kappa shape index (κ3) is 5.59. The van der Waals surface area contributed by atoms with Crippen LogP contribution in [0.3, 0.4) is 0 Å². The van der Waals surface area contributed by atoms with Gasteiger partial charge in [0.05, 0.1) is 4.90 Å². The summed E-state index contributed by atoms with van der Waals surface area (Å²) in [7, 11) is -3.87. The highest BCUT2D eigenvalue weighted by molar-refractivity contribution is 7.92. The average Bonchev–Trinajstić information content (AvgIpc) is 2.78. The molecule has 1 aliphatic heterocycles. The molecule has 0 aromatic heterocycles. The van der Waals surface area contributed by atoms with Crippen molar-refractivity contribution in [3.05, 3.63) is 59.2 Å². The Kier molecular flexibility index (Phi) is 7.40. The van der Waals surface area contributed by atoms with Crippen molar-refractivity contribution in [1.29, 1.82) is 0 Å². The number of hydrogen-bond acceptors (Lipinski definition) is 4. The van der Waals surface area contributed by atoms with E-state index in [4.69, 9.17) is 5.11 Å². The largest absolute Gasteiger partial charge is 0.465 e. The number of unbranched alkanes of at least 4 members (excludes halogenated alkanes) is 1. The van der Waals surface area contributed by atoms with Gasteiger partial charge in [-0.15, -0.1) is 0 Å². The number of carbonyl (C=O) groups excluding carboxylic acids is 1. The van der Waals surface area contributed by atoms with Gasteiger partial charge in [0.2, 0.25) is 0 Å². The Morgan fingerprint density at radius 1 is 1.00 bits per heavy atom. The van der Waals surface area contributed by atoms with Crippen molar-refractivity contribution in [3.8, 4) is 0 Å². The topological polar surface area (TPSA) is 107 Å². The fraction of sp³-hybridized carbons (Fsp3) is 0.391. The number of carboxylic acid groups (broad SMARTS) is 1. The predicted octanol–water partition coefficient (Wildman–Crippen LogP) is 3.57. The number of hydrogen-bond donors (Lipinski definition) is 2. The molecule has 0 atom stereocenters. The molecular formula is C23H29N3O5S. The van der Waals surface area contributed by atoms with Crippen LogP contribution >= 0.6 is 0 Å². The molecule has 2 aromatic rings. The van der Waals surface area contributed by atoms with Crippen molar-refractivity contribution < 1.29 is 23.1 Å². The van der Waals surface area contributed by atoms with E-state index in [1.54, 1.807) is 30.0 Å². The Balaban J connectivity index is 1.75. The summed E-state index contributed by atoms with van der Waals surface area (Å²) in [5, 5.41) is 9.07. The maximum absolute atomic E-state index is 13.0. The van der Waals surface area contributed by atoms with Gasteiger partial charge in [-0.05, 0) is 55.2 Å². The normalized spacial score (nSPS) is 14.3. The fourth-order valence-corrected chi connectivity index (χ4v) is 4.69. The molecule has 32 heavy (non-hydrogen) atoms. The summed E-state index contributed by atoms with van der Waals surface area (Å²) in [6, 6.07) is 11.8. The summed E-state index contributed by atoms with van der Waals surface area (Å²) in [4.78, 5) is 26.9. The number of anilines is 1. The van der Waals surface area contributed by atoms with E-state index in [0.29, 0.717) is 16.8 Å². The van der Waals surface area contributed by atoms with Crippen molar-refractivity contribution >= 4 is 27.7 Å². The van der Waals surface area contributed by atoms with Crippen LogP contribution in [-0.4, -0.2) is 61.5 Å². The third-order valence-corrected chi connectivity index (χ3v) is 6.99. The molecule has 9 heteroatoms. The molecule has 8 nitrogen and oxygen atoms in total. The molecule has 0 saturated carbocycles. The molecular weight excluding hydrogens is 430 g/mol. The van der Waals surface area contributed by atoms with Gasteiger partial charge in [0.1, 0.15) is 0 Å². The quantitative estimate of drug-likeness (QED) is 0.658. The second-order valence-electron chi connectivity index (χ2n) is 7.94. The van der Waals surface area contributed by atoms with E-state index in [1.165, 1.54) is 17.0 Å². The number of aryl methyl sites for hydroxylation is 2. The first kappa shape index (κ1) is 23.6. The molecule has 0 aliphatic carbocycles. The van der Waals surface area contributed by atoms with Gasteiger partial charge in [0, 0.05) is 37.4 Å². The van der Waals surface area contributed by atoms with E-state index in [2.05, 4.69) is 11.6 Å². The molecule has 1 fully saturated rings. The molecule has 0 bridgehead atoms. The molecule has 1 saturated heterocycles. The van der Waals surface area contributed by atoms with E-state index in [0.717, 1.165) is 24.8 Å². The van der Waals surface area contributed by atoms with Crippen molar-refractivity contribution in [2.45, 2.75) is 38.0 Å². The minimum Gasteiger partial charge on any atom is -0.465 e. The molecule has 1 aliphatic rings. The number of piperazine rings is 1. The van der Waals surface area contributed by atoms with Crippen molar-refractivity contribution in [3.63, 3.8) is 0 Å². The summed E-state index contributed by atoms with van der Waals surface area (Å²) >= 11 is 0. The lowest BCUT2D eigenvalue weighted by Gasteiger charge is -2.33. The Bertz CT molecular complexity index is 1080. The highest BCUT2D eigenvalue weighted by Crippen LogP contribution is 2.22. The summed E-state index contributed by atoms with van der Waals surface area (Å²) in [5.41, 5.74) is 2.57. The average molecular weight is 460 g/mol. The first-order valence-electron chi connectivity index (χ1n) is 10.7. The molecule has 2 amide bonds. The second kappa shape index (κ2) is 10.0. The minimum absolute atomic E-state index is 0.00526. The van der Waals surface area contributed by atoms with Crippen LogP contribution in [0.2, 0.25) is 0 Å². The van der Waals surface area contributed by atoms with Gasteiger partial charge >= 0.3 is 6.09 Å². The highest BCUT2D eigenvalue weighted by atomic mass is 32.2. The van der Waals surface area contributed by atoms with Crippen molar-refractivity contribution in [1.82, 2.24) is 9.80 Å². The van der Waals surface area contributed by atoms with Gasteiger partial charge in [-0.3, -0.25) is 9.52 Å². The van der Waals surface area contributed by atoms with E-state index in [-0.39, 0.29) is 37.0 Å². The third-order valence-electron chi connectivity index (χ3n) is 5.61. The van der Waals surface area contributed by atoms with Gasteiger partial charge in [-0.1, -0.05) is 31.5 Å². The van der Waals surface area contributed by atoms with Crippen LogP contribution in [-0.2, 0) is 16.4 Å². The zero-order valence-corrected chi connectivity index (χ0v) is 19.2. The number of nitrogens with zero attached hydrogens (tertiary/aromatic N) is 2. The zero-order chi connectivity index (χ0) is 23.3. The molecule has 0 spiro atoms. The summed E-state index contributed by atoms with van der Waals surface area (Å²) < 4.78 is 28.4. The van der Waals surface area contributed by atoms with Gasteiger partial charge in [0.15, 0.2) is 0 Å². The van der Waals surface area contributed by atoms with Crippen molar-refractivity contribution in [2.24, 2.45) is 0 Å². The molecule has 0 radical (unpaired) electrons. The van der Waals surface area contributed by atoms with Gasteiger partial charge in [-0.2, -0.15) is 0 Å². The Morgan fingerprint density at radius 3 is 2.22 bits per heavy atom. The number of benzene rings is 2. The molecule has 0 unspecified atom stereocenters. The Morgan fingerprint density at radius 2 is 1.62 bits per heavy atom. The Labute approximate surface area is 188 Å². The smallest absolute Gasteiger partial charge is 0.407 e. The maximum atomic E-state index is 13.0. The highest BCUT2D eigenvalue weighted by Gasteiger charge is 2.26. The summed E-state index contributed by atoms with van der Waals surface area (Å²) in [6.07, 6.45) is 2.12. The first-order chi connectivity index (χ1) is 15.2.